The first-order chi connectivity index (χ1) is 8.58. The van der Waals surface area contributed by atoms with Crippen molar-refractivity contribution in [2.75, 3.05) is 5.32 Å². The zero-order chi connectivity index (χ0) is 13.1. The summed E-state index contributed by atoms with van der Waals surface area (Å²) in [5.41, 5.74) is 1.82. The van der Waals surface area contributed by atoms with E-state index >= 15 is 0 Å². The smallest absolute Gasteiger partial charge is 0.138 e. The molecule has 0 fully saturated rings. The summed E-state index contributed by atoms with van der Waals surface area (Å²) in [4.78, 5) is 8.25. The molecule has 94 valence electrons. The fraction of sp³-hybridized carbons (Fsp3) is 0.231. The molecule has 0 unspecified atom stereocenters. The highest BCUT2D eigenvalue weighted by Crippen LogP contribution is 2.30. The Hall–Kier alpha value is -1.32. The van der Waals surface area contributed by atoms with Gasteiger partial charge in [0.05, 0.1) is 0 Å². The van der Waals surface area contributed by atoms with Gasteiger partial charge in [0, 0.05) is 16.3 Å². The molecule has 2 aromatic rings. The number of hydrogen-bond acceptors (Lipinski definition) is 3. The van der Waals surface area contributed by atoms with Gasteiger partial charge in [-0.2, -0.15) is 0 Å². The van der Waals surface area contributed by atoms with E-state index in [1.54, 1.807) is 0 Å². The van der Waals surface area contributed by atoms with Gasteiger partial charge in [0.15, 0.2) is 0 Å². The summed E-state index contributed by atoms with van der Waals surface area (Å²) in [7, 11) is 0. The van der Waals surface area contributed by atoms with Crippen LogP contribution in [-0.4, -0.2) is 9.97 Å². The maximum Gasteiger partial charge on any atom is 0.138 e. The molecule has 1 aromatic heterocycles. The second kappa shape index (κ2) is 5.55. The van der Waals surface area contributed by atoms with Crippen molar-refractivity contribution in [1.82, 2.24) is 9.97 Å². The van der Waals surface area contributed by atoms with E-state index in [2.05, 4.69) is 29.1 Å². The predicted molar refractivity (Wildman–Crippen MR) is 75.9 cm³/mol. The molecule has 0 radical (unpaired) electrons. The van der Waals surface area contributed by atoms with E-state index in [0.29, 0.717) is 10.2 Å². The Morgan fingerprint density at radius 1 is 1.06 bits per heavy atom. The second-order valence-electron chi connectivity index (χ2n) is 4.21. The number of halogens is 2. The second-order valence-corrected chi connectivity index (χ2v) is 5.01. The molecule has 0 amide bonds. The lowest BCUT2D eigenvalue weighted by Crippen LogP contribution is -2.02. The molecule has 0 aliphatic rings. The Morgan fingerprint density at radius 2 is 1.72 bits per heavy atom. The van der Waals surface area contributed by atoms with E-state index in [0.717, 1.165) is 17.1 Å². The third-order valence-electron chi connectivity index (χ3n) is 2.52. The van der Waals surface area contributed by atoms with Crippen LogP contribution in [0.1, 0.15) is 25.3 Å². The normalized spacial score (nSPS) is 10.7. The van der Waals surface area contributed by atoms with Crippen LogP contribution in [0.5, 0.6) is 0 Å². The fourth-order valence-electron chi connectivity index (χ4n) is 1.66. The first kappa shape index (κ1) is 13.1. The minimum absolute atomic E-state index is 0.244. The highest BCUT2D eigenvalue weighted by atomic mass is 35.5. The Kier molecular flexibility index (Phi) is 4.04. The van der Waals surface area contributed by atoms with E-state index in [9.17, 15) is 0 Å². The molecule has 2 rings (SSSR count). The van der Waals surface area contributed by atoms with Crippen LogP contribution in [-0.2, 0) is 0 Å². The molecule has 0 spiro atoms. The molecular weight excluding hydrogens is 269 g/mol. The summed E-state index contributed by atoms with van der Waals surface area (Å²) in [5.74, 6) is 0.973. The monoisotopic (exact) mass is 281 g/mol. The summed E-state index contributed by atoms with van der Waals surface area (Å²) >= 11 is 12.0. The first-order valence-corrected chi connectivity index (χ1v) is 6.36. The van der Waals surface area contributed by atoms with E-state index < -0.39 is 0 Å². The minimum atomic E-state index is 0.244. The van der Waals surface area contributed by atoms with Gasteiger partial charge in [-0.3, -0.25) is 0 Å². The summed E-state index contributed by atoms with van der Waals surface area (Å²) in [6, 6.07) is 7.42. The highest BCUT2D eigenvalue weighted by molar-refractivity contribution is 6.31. The fourth-order valence-corrected chi connectivity index (χ4v) is 2.13. The number of nitrogens with zero attached hydrogens (tertiary/aromatic N) is 2. The van der Waals surface area contributed by atoms with Crippen LogP contribution < -0.4 is 5.32 Å². The van der Waals surface area contributed by atoms with Gasteiger partial charge in [-0.15, -0.1) is 0 Å². The molecule has 3 nitrogen and oxygen atoms in total. The molecule has 0 bridgehead atoms. The molecule has 0 saturated carbocycles. The minimum Gasteiger partial charge on any atom is -0.340 e. The average molecular weight is 282 g/mol. The van der Waals surface area contributed by atoms with Crippen molar-refractivity contribution in [3.63, 3.8) is 0 Å². The molecule has 1 aromatic carbocycles. The maximum absolute atomic E-state index is 6.10. The third-order valence-corrected chi connectivity index (χ3v) is 3.07. The largest absolute Gasteiger partial charge is 0.340 e. The quantitative estimate of drug-likeness (QED) is 0.832. The summed E-state index contributed by atoms with van der Waals surface area (Å²) in [6.07, 6.45) is 1.45. The third kappa shape index (κ3) is 2.92. The van der Waals surface area contributed by atoms with Crippen LogP contribution in [0, 0.1) is 0 Å². The van der Waals surface area contributed by atoms with Crippen LogP contribution in [0.15, 0.2) is 30.6 Å². The topological polar surface area (TPSA) is 37.8 Å². The van der Waals surface area contributed by atoms with Crippen molar-refractivity contribution >= 4 is 34.7 Å². The molecule has 5 heteroatoms. The van der Waals surface area contributed by atoms with Gasteiger partial charge in [0.1, 0.15) is 17.3 Å². The molecular formula is C13H13Cl2N3. The lowest BCUT2D eigenvalue weighted by atomic mass is 10.1. The molecule has 0 atom stereocenters. The number of benzene rings is 1. The predicted octanol–water partition coefficient (Wildman–Crippen LogP) is 4.65. The zero-order valence-corrected chi connectivity index (χ0v) is 11.6. The van der Waals surface area contributed by atoms with Crippen LogP contribution in [0.3, 0.4) is 0 Å². The van der Waals surface area contributed by atoms with Gasteiger partial charge in [-0.25, -0.2) is 9.97 Å². The molecule has 1 N–H and O–H groups in total. The van der Waals surface area contributed by atoms with Crippen LogP contribution >= 0.6 is 23.2 Å². The highest BCUT2D eigenvalue weighted by Gasteiger charge is 2.13. The summed E-state index contributed by atoms with van der Waals surface area (Å²) < 4.78 is 0. The van der Waals surface area contributed by atoms with Crippen LogP contribution in [0.25, 0.3) is 0 Å². The van der Waals surface area contributed by atoms with E-state index in [1.807, 2.05) is 24.3 Å². The first-order valence-electron chi connectivity index (χ1n) is 5.61. The summed E-state index contributed by atoms with van der Waals surface area (Å²) in [5, 5.41) is 4.41. The molecule has 0 saturated heterocycles. The Bertz CT molecular complexity index is 538. The average Bonchev–Trinajstić information content (AvgIpc) is 2.32. The van der Waals surface area contributed by atoms with Gasteiger partial charge in [0.2, 0.25) is 0 Å². The van der Waals surface area contributed by atoms with E-state index in [1.165, 1.54) is 6.33 Å². The van der Waals surface area contributed by atoms with Gasteiger partial charge < -0.3 is 5.32 Å². The van der Waals surface area contributed by atoms with Gasteiger partial charge in [-0.1, -0.05) is 37.0 Å². The van der Waals surface area contributed by atoms with Crippen LogP contribution in [0.2, 0.25) is 10.2 Å². The van der Waals surface area contributed by atoms with Gasteiger partial charge in [0.25, 0.3) is 0 Å². The van der Waals surface area contributed by atoms with Crippen molar-refractivity contribution in [1.29, 1.82) is 0 Å². The zero-order valence-electron chi connectivity index (χ0n) is 10.1. The Balaban J connectivity index is 2.34. The number of rotatable bonds is 3. The molecule has 1 heterocycles. The lowest BCUT2D eigenvalue weighted by molar-refractivity contribution is 0.850. The number of nitrogens with one attached hydrogen (secondary N) is 1. The number of aromatic nitrogens is 2. The van der Waals surface area contributed by atoms with Crippen molar-refractivity contribution in [3.8, 4) is 0 Å². The van der Waals surface area contributed by atoms with E-state index in [4.69, 9.17) is 23.2 Å². The van der Waals surface area contributed by atoms with Gasteiger partial charge in [-0.05, 0) is 30.2 Å². The van der Waals surface area contributed by atoms with Crippen molar-refractivity contribution in [3.05, 3.63) is 46.3 Å². The molecule has 0 aliphatic heterocycles. The number of anilines is 2. The van der Waals surface area contributed by atoms with Crippen molar-refractivity contribution in [2.45, 2.75) is 19.8 Å². The number of hydrogen-bond donors (Lipinski definition) is 1. The van der Waals surface area contributed by atoms with Gasteiger partial charge >= 0.3 is 0 Å². The molecule has 18 heavy (non-hydrogen) atoms. The van der Waals surface area contributed by atoms with Crippen molar-refractivity contribution < 1.29 is 0 Å². The molecule has 0 aliphatic carbocycles. The standard InChI is InChI=1S/C13H13Cl2N3/c1-8(2)11-12(15)16-7-17-13(11)18-10-5-3-9(14)4-6-10/h3-8H,1-2H3,(H,16,17,18). The Morgan fingerprint density at radius 3 is 2.33 bits per heavy atom. The maximum atomic E-state index is 6.10. The lowest BCUT2D eigenvalue weighted by Gasteiger charge is -2.14. The Labute approximate surface area is 116 Å². The van der Waals surface area contributed by atoms with Crippen LogP contribution in [0.4, 0.5) is 11.5 Å². The van der Waals surface area contributed by atoms with Crippen molar-refractivity contribution in [2.24, 2.45) is 0 Å². The van der Waals surface area contributed by atoms with E-state index in [-0.39, 0.29) is 5.92 Å². The summed E-state index contributed by atoms with van der Waals surface area (Å²) in [6.45, 7) is 4.11. The SMILES string of the molecule is CC(C)c1c(Cl)ncnc1Nc1ccc(Cl)cc1.